The molecule has 18 heavy (non-hydrogen) atoms. The summed E-state index contributed by atoms with van der Waals surface area (Å²) in [6.45, 7) is 4.14. The van der Waals surface area contributed by atoms with Crippen LogP contribution in [-0.2, 0) is 16.0 Å². The number of carbonyl (C=O) groups excluding carboxylic acids is 1. The second kappa shape index (κ2) is 5.44. The Hall–Kier alpha value is -2.17. The Morgan fingerprint density at radius 2 is 2.17 bits per heavy atom. The second-order valence-corrected chi connectivity index (χ2v) is 3.90. The standard InChI is InChI=1S/C13H15N3O2/c1-3-18-12(17)8-11-14-13(16-15-11)10-7-5-4-6-9(10)2/h4-7H,3,8H2,1-2H3,(H,14,15,16). The minimum atomic E-state index is -0.301. The maximum atomic E-state index is 11.3. The lowest BCUT2D eigenvalue weighted by atomic mass is 10.1. The fraction of sp³-hybridized carbons (Fsp3) is 0.308. The molecule has 2 aromatic rings. The summed E-state index contributed by atoms with van der Waals surface area (Å²) >= 11 is 0. The molecule has 2 rings (SSSR count). The van der Waals surface area contributed by atoms with Crippen LogP contribution in [0.4, 0.5) is 0 Å². The number of aromatic nitrogens is 3. The van der Waals surface area contributed by atoms with Crippen molar-refractivity contribution in [1.29, 1.82) is 0 Å². The van der Waals surface area contributed by atoms with Gasteiger partial charge in [0.05, 0.1) is 6.61 Å². The Labute approximate surface area is 105 Å². The molecule has 1 aromatic heterocycles. The lowest BCUT2D eigenvalue weighted by Crippen LogP contribution is -2.08. The number of hydrogen-bond acceptors (Lipinski definition) is 4. The van der Waals surface area contributed by atoms with E-state index in [1.165, 1.54) is 0 Å². The number of aryl methyl sites for hydroxylation is 1. The summed E-state index contributed by atoms with van der Waals surface area (Å²) in [6.07, 6.45) is 0.118. The van der Waals surface area contributed by atoms with Crippen molar-refractivity contribution in [3.05, 3.63) is 35.7 Å². The number of nitrogens with zero attached hydrogens (tertiary/aromatic N) is 2. The van der Waals surface area contributed by atoms with Crippen LogP contribution in [0.15, 0.2) is 24.3 Å². The second-order valence-electron chi connectivity index (χ2n) is 3.90. The molecule has 0 saturated heterocycles. The number of carbonyl (C=O) groups is 1. The first-order valence-corrected chi connectivity index (χ1v) is 5.83. The molecular weight excluding hydrogens is 230 g/mol. The number of esters is 1. The average Bonchev–Trinajstić information content (AvgIpc) is 2.78. The van der Waals surface area contributed by atoms with Crippen LogP contribution < -0.4 is 0 Å². The van der Waals surface area contributed by atoms with Crippen LogP contribution in [0, 0.1) is 6.92 Å². The van der Waals surface area contributed by atoms with Gasteiger partial charge >= 0.3 is 5.97 Å². The average molecular weight is 245 g/mol. The maximum Gasteiger partial charge on any atom is 0.313 e. The quantitative estimate of drug-likeness (QED) is 0.835. The van der Waals surface area contributed by atoms with Crippen LogP contribution in [0.5, 0.6) is 0 Å². The summed E-state index contributed by atoms with van der Waals surface area (Å²) in [4.78, 5) is 15.6. The largest absolute Gasteiger partial charge is 0.466 e. The van der Waals surface area contributed by atoms with Gasteiger partial charge in [0.1, 0.15) is 12.2 Å². The van der Waals surface area contributed by atoms with E-state index in [9.17, 15) is 4.79 Å². The van der Waals surface area contributed by atoms with E-state index in [1.54, 1.807) is 6.92 Å². The predicted molar refractivity (Wildman–Crippen MR) is 66.9 cm³/mol. The molecule has 5 heteroatoms. The molecule has 5 nitrogen and oxygen atoms in total. The number of rotatable bonds is 4. The highest BCUT2D eigenvalue weighted by Gasteiger charge is 2.11. The highest BCUT2D eigenvalue weighted by atomic mass is 16.5. The van der Waals surface area contributed by atoms with E-state index >= 15 is 0 Å². The van der Waals surface area contributed by atoms with Crippen LogP contribution in [0.25, 0.3) is 11.4 Å². The molecule has 0 unspecified atom stereocenters. The first kappa shape index (κ1) is 12.3. The third-order valence-electron chi connectivity index (χ3n) is 2.53. The van der Waals surface area contributed by atoms with Crippen LogP contribution in [-0.4, -0.2) is 27.8 Å². The van der Waals surface area contributed by atoms with Crippen molar-refractivity contribution in [2.45, 2.75) is 20.3 Å². The third-order valence-corrected chi connectivity index (χ3v) is 2.53. The van der Waals surface area contributed by atoms with Gasteiger partial charge in [-0.05, 0) is 19.4 Å². The van der Waals surface area contributed by atoms with Gasteiger partial charge in [-0.2, -0.15) is 5.10 Å². The molecule has 94 valence electrons. The normalized spacial score (nSPS) is 10.3. The predicted octanol–water partition coefficient (Wildman–Crippen LogP) is 1.89. The molecule has 0 aliphatic carbocycles. The van der Waals surface area contributed by atoms with E-state index < -0.39 is 0 Å². The summed E-state index contributed by atoms with van der Waals surface area (Å²) in [7, 11) is 0. The van der Waals surface area contributed by atoms with Crippen molar-refractivity contribution in [2.75, 3.05) is 6.61 Å². The Morgan fingerprint density at radius 3 is 2.89 bits per heavy atom. The molecule has 0 atom stereocenters. The van der Waals surface area contributed by atoms with Crippen LogP contribution in [0.1, 0.15) is 18.3 Å². The van der Waals surface area contributed by atoms with Gasteiger partial charge in [-0.3, -0.25) is 9.89 Å². The van der Waals surface area contributed by atoms with Gasteiger partial charge in [-0.1, -0.05) is 24.3 Å². The molecule has 0 fully saturated rings. The van der Waals surface area contributed by atoms with Gasteiger partial charge < -0.3 is 4.74 Å². The van der Waals surface area contributed by atoms with Gasteiger partial charge in [-0.25, -0.2) is 4.98 Å². The summed E-state index contributed by atoms with van der Waals surface area (Å²) < 4.78 is 4.86. The lowest BCUT2D eigenvalue weighted by Gasteiger charge is -1.99. The zero-order valence-electron chi connectivity index (χ0n) is 10.4. The van der Waals surface area contributed by atoms with Crippen molar-refractivity contribution in [1.82, 2.24) is 15.2 Å². The summed E-state index contributed by atoms with van der Waals surface area (Å²) in [6, 6.07) is 7.85. The molecule has 0 aliphatic heterocycles. The van der Waals surface area contributed by atoms with Gasteiger partial charge in [0, 0.05) is 5.56 Å². The molecule has 0 amide bonds. The molecule has 0 aliphatic rings. The van der Waals surface area contributed by atoms with E-state index in [-0.39, 0.29) is 12.4 Å². The number of nitrogens with one attached hydrogen (secondary N) is 1. The van der Waals surface area contributed by atoms with Crippen molar-refractivity contribution in [3.8, 4) is 11.4 Å². The van der Waals surface area contributed by atoms with Crippen molar-refractivity contribution < 1.29 is 9.53 Å². The fourth-order valence-corrected chi connectivity index (χ4v) is 1.67. The fourth-order valence-electron chi connectivity index (χ4n) is 1.67. The van der Waals surface area contributed by atoms with Gasteiger partial charge in [0.25, 0.3) is 0 Å². The molecular formula is C13H15N3O2. The van der Waals surface area contributed by atoms with Crippen LogP contribution >= 0.6 is 0 Å². The van der Waals surface area contributed by atoms with Crippen molar-refractivity contribution >= 4 is 5.97 Å². The van der Waals surface area contributed by atoms with E-state index in [4.69, 9.17) is 4.74 Å². The van der Waals surface area contributed by atoms with Crippen molar-refractivity contribution in [2.24, 2.45) is 0 Å². The monoisotopic (exact) mass is 245 g/mol. The number of hydrogen-bond donors (Lipinski definition) is 1. The number of ether oxygens (including phenoxy) is 1. The Bertz CT molecular complexity index is 549. The van der Waals surface area contributed by atoms with E-state index in [0.717, 1.165) is 11.1 Å². The van der Waals surface area contributed by atoms with E-state index in [1.807, 2.05) is 31.2 Å². The summed E-state index contributed by atoms with van der Waals surface area (Å²) in [5.74, 6) is 0.823. The van der Waals surface area contributed by atoms with E-state index in [0.29, 0.717) is 18.3 Å². The van der Waals surface area contributed by atoms with Gasteiger partial charge in [0.15, 0.2) is 5.82 Å². The molecule has 0 spiro atoms. The summed E-state index contributed by atoms with van der Waals surface area (Å²) in [5, 5.41) is 6.88. The first-order chi connectivity index (χ1) is 8.70. The Kier molecular flexibility index (Phi) is 3.72. The van der Waals surface area contributed by atoms with Gasteiger partial charge in [0.2, 0.25) is 0 Å². The smallest absolute Gasteiger partial charge is 0.313 e. The van der Waals surface area contributed by atoms with Gasteiger partial charge in [-0.15, -0.1) is 0 Å². The molecule has 0 saturated carbocycles. The highest BCUT2D eigenvalue weighted by molar-refractivity contribution is 5.71. The van der Waals surface area contributed by atoms with Crippen molar-refractivity contribution in [3.63, 3.8) is 0 Å². The number of aromatic amines is 1. The molecule has 0 radical (unpaired) electrons. The van der Waals surface area contributed by atoms with E-state index in [2.05, 4.69) is 15.2 Å². The first-order valence-electron chi connectivity index (χ1n) is 5.83. The summed E-state index contributed by atoms with van der Waals surface area (Å²) in [5.41, 5.74) is 2.06. The minimum absolute atomic E-state index is 0.118. The van der Waals surface area contributed by atoms with Crippen LogP contribution in [0.3, 0.4) is 0 Å². The SMILES string of the molecule is CCOC(=O)Cc1nc(-c2ccccc2C)n[nH]1. The third kappa shape index (κ3) is 2.74. The lowest BCUT2D eigenvalue weighted by molar-refractivity contribution is -0.142. The topological polar surface area (TPSA) is 67.9 Å². The zero-order valence-corrected chi connectivity index (χ0v) is 10.4. The number of H-pyrrole nitrogens is 1. The molecule has 1 aromatic carbocycles. The zero-order chi connectivity index (χ0) is 13.0. The highest BCUT2D eigenvalue weighted by Crippen LogP contribution is 2.18. The number of benzene rings is 1. The molecule has 0 bridgehead atoms. The van der Waals surface area contributed by atoms with Crippen LogP contribution in [0.2, 0.25) is 0 Å². The minimum Gasteiger partial charge on any atom is -0.466 e. The molecule has 1 heterocycles. The molecule has 1 N–H and O–H groups in total. The Balaban J connectivity index is 2.16. The Morgan fingerprint density at radius 1 is 1.39 bits per heavy atom. The maximum absolute atomic E-state index is 11.3.